The molecule has 0 saturated heterocycles. The first-order valence-corrected chi connectivity index (χ1v) is 13.4. The fourth-order valence-electron chi connectivity index (χ4n) is 3.24. The van der Waals surface area contributed by atoms with Crippen molar-refractivity contribution in [2.75, 3.05) is 17.2 Å². The van der Waals surface area contributed by atoms with Gasteiger partial charge in [0.25, 0.3) is 5.91 Å². The van der Waals surface area contributed by atoms with E-state index >= 15 is 0 Å². The molecular formula is C27H26BrClN2O4S. The van der Waals surface area contributed by atoms with E-state index in [0.29, 0.717) is 22.8 Å². The summed E-state index contributed by atoms with van der Waals surface area (Å²) in [5, 5.41) is 6.27. The number of carbonyl (C=O) groups excluding carboxylic acids is 3. The Morgan fingerprint density at radius 1 is 0.889 bits per heavy atom. The number of anilines is 2. The Hall–Kier alpha value is -2.81. The number of ether oxygens (including phenoxy) is 1. The summed E-state index contributed by atoms with van der Waals surface area (Å²) < 4.78 is 5.97. The third-order valence-corrected chi connectivity index (χ3v) is 6.82. The molecule has 3 aromatic rings. The third kappa shape index (κ3) is 9.33. The van der Waals surface area contributed by atoms with Gasteiger partial charge < -0.3 is 15.4 Å². The van der Waals surface area contributed by atoms with Gasteiger partial charge in [0.1, 0.15) is 0 Å². The number of benzene rings is 3. The van der Waals surface area contributed by atoms with Crippen LogP contribution in [-0.2, 0) is 25.5 Å². The Kier molecular flexibility index (Phi) is 10.8. The average molecular weight is 590 g/mol. The predicted octanol–water partition coefficient (Wildman–Crippen LogP) is 7.11. The second-order valence-electron chi connectivity index (χ2n) is 7.85. The lowest BCUT2D eigenvalue weighted by molar-refractivity contribution is -0.147. The molecule has 0 fully saturated rings. The maximum atomic E-state index is 12.2. The van der Waals surface area contributed by atoms with Crippen molar-refractivity contribution in [2.24, 2.45) is 0 Å². The molecule has 188 valence electrons. The average Bonchev–Trinajstić information content (AvgIpc) is 2.86. The minimum Gasteiger partial charge on any atom is -0.456 e. The van der Waals surface area contributed by atoms with E-state index in [2.05, 4.69) is 26.6 Å². The van der Waals surface area contributed by atoms with Crippen LogP contribution >= 0.6 is 39.3 Å². The van der Waals surface area contributed by atoms with Crippen LogP contribution in [0.4, 0.5) is 11.4 Å². The number of nitrogens with one attached hydrogen (secondary N) is 2. The van der Waals surface area contributed by atoms with Crippen LogP contribution in [0.15, 0.2) is 81.0 Å². The number of halogens is 2. The minimum atomic E-state index is -0.520. The maximum Gasteiger partial charge on any atom is 0.306 e. The van der Waals surface area contributed by atoms with E-state index in [1.807, 2.05) is 67.6 Å². The van der Waals surface area contributed by atoms with Gasteiger partial charge in [0.15, 0.2) is 6.61 Å². The van der Waals surface area contributed by atoms with Gasteiger partial charge in [-0.2, -0.15) is 0 Å². The summed E-state index contributed by atoms with van der Waals surface area (Å²) in [6, 6.07) is 20.7. The summed E-state index contributed by atoms with van der Waals surface area (Å²) in [6.07, 6.45) is 1.30. The zero-order chi connectivity index (χ0) is 25.9. The molecule has 3 rings (SSSR count). The molecule has 0 aliphatic rings. The zero-order valence-corrected chi connectivity index (χ0v) is 22.8. The highest BCUT2D eigenvalue weighted by atomic mass is 79.9. The summed E-state index contributed by atoms with van der Waals surface area (Å²) in [4.78, 5) is 38.4. The van der Waals surface area contributed by atoms with Gasteiger partial charge in [-0.25, -0.2) is 0 Å². The fraction of sp³-hybridized carbons (Fsp3) is 0.222. The normalized spacial score (nSPS) is 10.5. The maximum absolute atomic E-state index is 12.2. The molecule has 0 saturated carbocycles. The molecule has 2 N–H and O–H groups in total. The monoisotopic (exact) mass is 588 g/mol. The molecule has 0 heterocycles. The first-order valence-electron chi connectivity index (χ1n) is 11.4. The lowest BCUT2D eigenvalue weighted by atomic mass is 10.1. The molecule has 3 aromatic carbocycles. The van der Waals surface area contributed by atoms with Crippen molar-refractivity contribution in [1.82, 2.24) is 0 Å². The number of carbonyl (C=O) groups is 3. The van der Waals surface area contributed by atoms with Gasteiger partial charge in [0.2, 0.25) is 5.91 Å². The third-order valence-electron chi connectivity index (χ3n) is 5.06. The summed E-state index contributed by atoms with van der Waals surface area (Å²) in [7, 11) is 0. The molecule has 36 heavy (non-hydrogen) atoms. The van der Waals surface area contributed by atoms with Crippen molar-refractivity contribution < 1.29 is 19.1 Å². The standard InChI is InChI=1S/C27H26BrClN2O4S/c1-2-18-16-19(28)6-15-24(18)31-26(33)17-35-27(34)5-3-4-25(32)30-21-9-13-23(14-10-21)36-22-11-7-20(29)8-12-22/h6-16H,2-5,17H2,1H3,(H,30,32)(H,31,33). The van der Waals surface area contributed by atoms with E-state index in [1.54, 1.807) is 17.8 Å². The van der Waals surface area contributed by atoms with Crippen molar-refractivity contribution in [2.45, 2.75) is 42.4 Å². The van der Waals surface area contributed by atoms with E-state index in [1.165, 1.54) is 0 Å². The molecular weight excluding hydrogens is 564 g/mol. The van der Waals surface area contributed by atoms with Crippen LogP contribution in [0.1, 0.15) is 31.7 Å². The van der Waals surface area contributed by atoms with Crippen LogP contribution in [0.5, 0.6) is 0 Å². The highest BCUT2D eigenvalue weighted by Gasteiger charge is 2.11. The number of hydrogen-bond acceptors (Lipinski definition) is 5. The minimum absolute atomic E-state index is 0.0515. The number of amides is 2. The van der Waals surface area contributed by atoms with E-state index < -0.39 is 11.9 Å². The molecule has 0 atom stereocenters. The Labute approximate surface area is 228 Å². The van der Waals surface area contributed by atoms with E-state index in [4.69, 9.17) is 16.3 Å². The molecule has 0 aromatic heterocycles. The molecule has 6 nitrogen and oxygen atoms in total. The van der Waals surface area contributed by atoms with Crippen LogP contribution in [0, 0.1) is 0 Å². The van der Waals surface area contributed by atoms with Crippen LogP contribution < -0.4 is 10.6 Å². The van der Waals surface area contributed by atoms with Gasteiger partial charge in [-0.1, -0.05) is 46.2 Å². The first kappa shape index (κ1) is 27.8. The topological polar surface area (TPSA) is 84.5 Å². The van der Waals surface area contributed by atoms with Crippen molar-refractivity contribution in [1.29, 1.82) is 0 Å². The van der Waals surface area contributed by atoms with Crippen molar-refractivity contribution in [3.63, 3.8) is 0 Å². The summed E-state index contributed by atoms with van der Waals surface area (Å²) >= 11 is 10.9. The molecule has 0 aliphatic carbocycles. The Balaban J connectivity index is 1.34. The number of aryl methyl sites for hydroxylation is 1. The summed E-state index contributed by atoms with van der Waals surface area (Å²) in [6.45, 7) is 1.62. The number of hydrogen-bond donors (Lipinski definition) is 2. The van der Waals surface area contributed by atoms with Crippen molar-refractivity contribution >= 4 is 68.5 Å². The smallest absolute Gasteiger partial charge is 0.306 e. The van der Waals surface area contributed by atoms with Gasteiger partial charge in [-0.15, -0.1) is 0 Å². The highest BCUT2D eigenvalue weighted by molar-refractivity contribution is 9.10. The molecule has 0 spiro atoms. The van der Waals surface area contributed by atoms with Gasteiger partial charge in [-0.05, 0) is 85.1 Å². The van der Waals surface area contributed by atoms with Crippen LogP contribution in [0.2, 0.25) is 5.02 Å². The lowest BCUT2D eigenvalue weighted by Gasteiger charge is -2.11. The van der Waals surface area contributed by atoms with Crippen LogP contribution in [-0.4, -0.2) is 24.4 Å². The highest BCUT2D eigenvalue weighted by Crippen LogP contribution is 2.29. The number of rotatable bonds is 11. The zero-order valence-electron chi connectivity index (χ0n) is 19.7. The largest absolute Gasteiger partial charge is 0.456 e. The molecule has 2 amide bonds. The number of esters is 1. The summed E-state index contributed by atoms with van der Waals surface area (Å²) in [5.41, 5.74) is 2.35. The van der Waals surface area contributed by atoms with E-state index in [9.17, 15) is 14.4 Å². The SMILES string of the molecule is CCc1cc(Br)ccc1NC(=O)COC(=O)CCCC(=O)Nc1ccc(Sc2ccc(Cl)cc2)cc1. The second-order valence-corrected chi connectivity index (χ2v) is 10.3. The van der Waals surface area contributed by atoms with Crippen molar-refractivity contribution in [3.05, 3.63) is 81.8 Å². The molecule has 9 heteroatoms. The van der Waals surface area contributed by atoms with Crippen LogP contribution in [0.25, 0.3) is 0 Å². The second kappa shape index (κ2) is 14.1. The Morgan fingerprint density at radius 3 is 2.22 bits per heavy atom. The molecule has 0 unspecified atom stereocenters. The first-order chi connectivity index (χ1) is 17.3. The Morgan fingerprint density at radius 2 is 1.56 bits per heavy atom. The fourth-order valence-corrected chi connectivity index (χ4v) is 4.59. The van der Waals surface area contributed by atoms with Gasteiger partial charge in [0, 0.05) is 43.5 Å². The Bertz CT molecular complexity index is 1200. The molecule has 0 bridgehead atoms. The van der Waals surface area contributed by atoms with E-state index in [-0.39, 0.29) is 25.4 Å². The molecule has 0 aliphatic heterocycles. The van der Waals surface area contributed by atoms with Gasteiger partial charge in [0.05, 0.1) is 0 Å². The van der Waals surface area contributed by atoms with Crippen molar-refractivity contribution in [3.8, 4) is 0 Å². The van der Waals surface area contributed by atoms with Crippen LogP contribution in [0.3, 0.4) is 0 Å². The van der Waals surface area contributed by atoms with E-state index in [0.717, 1.165) is 26.2 Å². The lowest BCUT2D eigenvalue weighted by Crippen LogP contribution is -2.21. The quantitative estimate of drug-likeness (QED) is 0.233. The summed E-state index contributed by atoms with van der Waals surface area (Å²) in [5.74, 6) is -1.12. The van der Waals surface area contributed by atoms with Gasteiger partial charge >= 0.3 is 5.97 Å². The molecule has 0 radical (unpaired) electrons. The van der Waals surface area contributed by atoms with Gasteiger partial charge in [-0.3, -0.25) is 14.4 Å². The predicted molar refractivity (Wildman–Crippen MR) is 148 cm³/mol.